The van der Waals surface area contributed by atoms with Crippen LogP contribution in [0.3, 0.4) is 0 Å². The Hall–Kier alpha value is -3.68. The van der Waals surface area contributed by atoms with Gasteiger partial charge >= 0.3 is 0 Å². The first-order valence-electron chi connectivity index (χ1n) is 11.8. The number of aryl methyl sites for hydroxylation is 1. The van der Waals surface area contributed by atoms with Crippen LogP contribution in [-0.2, 0) is 4.79 Å². The number of nitrogen functional groups attached to an aromatic ring is 1. The van der Waals surface area contributed by atoms with Crippen molar-refractivity contribution in [3.05, 3.63) is 70.3 Å². The van der Waals surface area contributed by atoms with Crippen LogP contribution in [0.2, 0.25) is 0 Å². The Balaban J connectivity index is 1.58. The summed E-state index contributed by atoms with van der Waals surface area (Å²) in [4.78, 5) is 42.9. The van der Waals surface area contributed by atoms with E-state index in [-0.39, 0.29) is 17.6 Å². The van der Waals surface area contributed by atoms with Gasteiger partial charge in [0.2, 0.25) is 5.91 Å². The first kappa shape index (κ1) is 23.5. The Morgan fingerprint density at radius 3 is 2.18 bits per heavy atom. The molecule has 8 heteroatoms. The molecule has 2 aliphatic heterocycles. The van der Waals surface area contributed by atoms with Gasteiger partial charge in [0.1, 0.15) is 11.9 Å². The van der Waals surface area contributed by atoms with Crippen LogP contribution in [0.25, 0.3) is 0 Å². The van der Waals surface area contributed by atoms with E-state index in [4.69, 9.17) is 11.1 Å². The molecule has 3 amide bonds. The van der Waals surface area contributed by atoms with Crippen LogP contribution in [0.15, 0.2) is 42.5 Å². The van der Waals surface area contributed by atoms with E-state index in [2.05, 4.69) is 5.32 Å². The minimum absolute atomic E-state index is 0.00917. The summed E-state index contributed by atoms with van der Waals surface area (Å²) in [6.45, 7) is 4.66. The number of nitrogens with zero attached hydrogens (tertiary/aromatic N) is 2. The summed E-state index contributed by atoms with van der Waals surface area (Å²) >= 11 is 0. The van der Waals surface area contributed by atoms with Crippen molar-refractivity contribution in [1.29, 1.82) is 5.41 Å². The molecule has 4 N–H and O–H groups in total. The number of nitrogens with two attached hydrogens (primary N) is 1. The zero-order valence-corrected chi connectivity index (χ0v) is 19.5. The van der Waals surface area contributed by atoms with Crippen LogP contribution in [0, 0.1) is 12.3 Å². The van der Waals surface area contributed by atoms with E-state index in [0.29, 0.717) is 35.3 Å². The lowest BCUT2D eigenvalue weighted by molar-refractivity contribution is -0.132. The molecular formula is C26H31N5O3. The van der Waals surface area contributed by atoms with Crippen molar-refractivity contribution < 1.29 is 14.4 Å². The van der Waals surface area contributed by atoms with Gasteiger partial charge in [0.05, 0.1) is 0 Å². The van der Waals surface area contributed by atoms with E-state index in [1.807, 2.05) is 11.8 Å². The topological polar surface area (TPSA) is 120 Å². The summed E-state index contributed by atoms with van der Waals surface area (Å²) in [7, 11) is 0. The molecule has 34 heavy (non-hydrogen) atoms. The van der Waals surface area contributed by atoms with Gasteiger partial charge in [0.25, 0.3) is 11.8 Å². The fourth-order valence-corrected chi connectivity index (χ4v) is 4.64. The molecule has 0 radical (unpaired) electrons. The fraction of sp³-hybridized carbons (Fsp3) is 0.385. The van der Waals surface area contributed by atoms with Crippen LogP contribution in [0.5, 0.6) is 0 Å². The number of carbonyl (C=O) groups excluding carboxylic acids is 3. The van der Waals surface area contributed by atoms with Gasteiger partial charge in [-0.1, -0.05) is 18.2 Å². The molecule has 2 saturated heterocycles. The monoisotopic (exact) mass is 461 g/mol. The molecule has 0 spiro atoms. The third kappa shape index (κ3) is 4.95. The first-order chi connectivity index (χ1) is 16.3. The smallest absolute Gasteiger partial charge is 0.254 e. The molecule has 2 aromatic carbocycles. The molecule has 0 aromatic heterocycles. The highest BCUT2D eigenvalue weighted by atomic mass is 16.2. The zero-order chi connectivity index (χ0) is 24.2. The Labute approximate surface area is 199 Å². The second kappa shape index (κ2) is 10.1. The average Bonchev–Trinajstić information content (AvgIpc) is 3.56. The van der Waals surface area contributed by atoms with Crippen LogP contribution >= 0.6 is 0 Å². The molecule has 0 saturated carbocycles. The molecule has 1 atom stereocenters. The highest BCUT2D eigenvalue weighted by molar-refractivity contribution is 6.01. The summed E-state index contributed by atoms with van der Waals surface area (Å²) in [5, 5.41) is 10.6. The normalized spacial score (nSPS) is 16.4. The van der Waals surface area contributed by atoms with Crippen molar-refractivity contribution in [2.45, 2.75) is 38.6 Å². The fourth-order valence-electron chi connectivity index (χ4n) is 4.64. The highest BCUT2D eigenvalue weighted by Crippen LogP contribution is 2.22. The van der Waals surface area contributed by atoms with Crippen molar-refractivity contribution in [1.82, 2.24) is 15.1 Å². The summed E-state index contributed by atoms with van der Waals surface area (Å²) in [5.74, 6) is -0.683. The molecule has 1 unspecified atom stereocenters. The zero-order valence-electron chi connectivity index (χ0n) is 19.5. The average molecular weight is 462 g/mol. The molecule has 178 valence electrons. The van der Waals surface area contributed by atoms with Crippen LogP contribution in [-0.4, -0.2) is 59.5 Å². The lowest BCUT2D eigenvalue weighted by Gasteiger charge is -2.25. The maximum atomic E-state index is 13.3. The second-order valence-corrected chi connectivity index (χ2v) is 9.01. The number of amidine groups is 1. The van der Waals surface area contributed by atoms with E-state index < -0.39 is 11.9 Å². The van der Waals surface area contributed by atoms with Gasteiger partial charge in [-0.3, -0.25) is 19.8 Å². The number of nitrogens with one attached hydrogen (secondary N) is 2. The third-order valence-corrected chi connectivity index (χ3v) is 6.58. The van der Waals surface area contributed by atoms with Gasteiger partial charge in [-0.05, 0) is 68.0 Å². The van der Waals surface area contributed by atoms with Gasteiger partial charge in [0, 0.05) is 42.9 Å². The molecule has 0 bridgehead atoms. The number of likely N-dealkylation sites (tertiary alicyclic amines) is 2. The maximum Gasteiger partial charge on any atom is 0.254 e. The Morgan fingerprint density at radius 1 is 0.912 bits per heavy atom. The number of hydrogen-bond donors (Lipinski definition) is 3. The van der Waals surface area contributed by atoms with Crippen LogP contribution in [0.4, 0.5) is 0 Å². The van der Waals surface area contributed by atoms with E-state index in [1.165, 1.54) is 0 Å². The van der Waals surface area contributed by atoms with Gasteiger partial charge in [0.15, 0.2) is 0 Å². The molecule has 4 rings (SSSR count). The Bertz CT molecular complexity index is 1120. The number of carbonyl (C=O) groups is 3. The van der Waals surface area contributed by atoms with E-state index in [9.17, 15) is 14.4 Å². The number of rotatable bonds is 6. The minimum Gasteiger partial charge on any atom is -0.384 e. The molecule has 2 fully saturated rings. The predicted octanol–water partition coefficient (Wildman–Crippen LogP) is 2.61. The molecule has 2 aromatic rings. The predicted molar refractivity (Wildman–Crippen MR) is 130 cm³/mol. The van der Waals surface area contributed by atoms with E-state index >= 15 is 0 Å². The SMILES string of the molecule is Cc1cc(C(=O)NC(C(=O)N2CCCC2)c2cccc(C(=N)N)c2)ccc1C(=O)N1CCCC1. The van der Waals surface area contributed by atoms with Gasteiger partial charge in [-0.2, -0.15) is 0 Å². The summed E-state index contributed by atoms with van der Waals surface area (Å²) in [6, 6.07) is 11.0. The first-order valence-corrected chi connectivity index (χ1v) is 11.8. The van der Waals surface area contributed by atoms with E-state index in [1.54, 1.807) is 47.4 Å². The lowest BCUT2D eigenvalue weighted by Crippen LogP contribution is -2.42. The summed E-state index contributed by atoms with van der Waals surface area (Å²) in [5.41, 5.74) is 8.42. The number of hydrogen-bond acceptors (Lipinski definition) is 4. The minimum atomic E-state index is -0.892. The molecule has 0 aliphatic carbocycles. The molecule has 2 heterocycles. The standard InChI is InChI=1S/C26H31N5O3/c1-17-15-20(9-10-21(17)25(33)30-11-2-3-12-30)24(32)29-22(26(34)31-13-4-5-14-31)18-7-6-8-19(16-18)23(27)28/h6-10,15-16,22H,2-5,11-14H2,1H3,(H3,27,28)(H,29,32). The van der Waals surface area contributed by atoms with Gasteiger partial charge in [-0.25, -0.2) is 0 Å². The quantitative estimate of drug-likeness (QED) is 0.452. The van der Waals surface area contributed by atoms with E-state index in [0.717, 1.165) is 44.3 Å². The van der Waals surface area contributed by atoms with Gasteiger partial charge in [-0.15, -0.1) is 0 Å². The Kier molecular flexibility index (Phi) is 6.95. The molecular weight excluding hydrogens is 430 g/mol. The van der Waals surface area contributed by atoms with Crippen LogP contribution < -0.4 is 11.1 Å². The number of amides is 3. The molecule has 2 aliphatic rings. The highest BCUT2D eigenvalue weighted by Gasteiger charge is 2.30. The summed E-state index contributed by atoms with van der Waals surface area (Å²) < 4.78 is 0. The largest absolute Gasteiger partial charge is 0.384 e. The lowest BCUT2D eigenvalue weighted by atomic mass is 10.0. The maximum absolute atomic E-state index is 13.3. The van der Waals surface area contributed by atoms with Crippen molar-refractivity contribution in [2.24, 2.45) is 5.73 Å². The van der Waals surface area contributed by atoms with Crippen molar-refractivity contribution in [3.8, 4) is 0 Å². The third-order valence-electron chi connectivity index (χ3n) is 6.58. The Morgan fingerprint density at radius 2 is 1.56 bits per heavy atom. The van der Waals surface area contributed by atoms with Crippen molar-refractivity contribution in [3.63, 3.8) is 0 Å². The molecule has 8 nitrogen and oxygen atoms in total. The van der Waals surface area contributed by atoms with Crippen LogP contribution in [0.1, 0.15) is 69.1 Å². The second-order valence-electron chi connectivity index (χ2n) is 9.01. The summed E-state index contributed by atoms with van der Waals surface area (Å²) in [6.07, 6.45) is 3.91. The van der Waals surface area contributed by atoms with Gasteiger partial charge < -0.3 is 20.9 Å². The van der Waals surface area contributed by atoms with Crippen molar-refractivity contribution >= 4 is 23.6 Å². The number of benzene rings is 2. The van der Waals surface area contributed by atoms with Crippen molar-refractivity contribution in [2.75, 3.05) is 26.2 Å².